The van der Waals surface area contributed by atoms with E-state index in [0.29, 0.717) is 17.4 Å². The average Bonchev–Trinajstić information content (AvgIpc) is 3.36. The van der Waals surface area contributed by atoms with E-state index in [2.05, 4.69) is 43.5 Å². The summed E-state index contributed by atoms with van der Waals surface area (Å²) in [5, 5.41) is 14.0. The highest BCUT2D eigenvalue weighted by Gasteiger charge is 2.27. The number of phosphoric acid groups is 1. The third kappa shape index (κ3) is 58.4. The van der Waals surface area contributed by atoms with Crippen LogP contribution in [0.15, 0.2) is 36.5 Å². The Hall–Kier alpha value is -1.28. The van der Waals surface area contributed by atoms with Gasteiger partial charge >= 0.3 is 7.82 Å². The topological polar surface area (TPSA) is 105 Å². The molecular weight excluding hydrogens is 936 g/mol. The number of hydrogen-bond donors (Lipinski definition) is 3. The summed E-state index contributed by atoms with van der Waals surface area (Å²) < 4.78 is 23.8. The van der Waals surface area contributed by atoms with Crippen LogP contribution >= 0.6 is 7.82 Å². The van der Waals surface area contributed by atoms with Crippen LogP contribution in [0.2, 0.25) is 0 Å². The number of amides is 1. The molecule has 0 aliphatic rings. The van der Waals surface area contributed by atoms with Gasteiger partial charge in [-0.15, -0.1) is 0 Å². The minimum Gasteiger partial charge on any atom is -0.387 e. The highest BCUT2D eigenvalue weighted by molar-refractivity contribution is 7.47. The summed E-state index contributed by atoms with van der Waals surface area (Å²) in [5.74, 6) is -0.181. The number of allylic oxidation sites excluding steroid dienone is 5. The summed E-state index contributed by atoms with van der Waals surface area (Å²) in [6.07, 6.45) is 74.2. The smallest absolute Gasteiger partial charge is 0.387 e. The van der Waals surface area contributed by atoms with Crippen molar-refractivity contribution in [2.24, 2.45) is 0 Å². The Bertz CT molecular complexity index is 1300. The van der Waals surface area contributed by atoms with E-state index in [4.69, 9.17) is 9.05 Å². The Morgan fingerprint density at radius 2 is 0.743 bits per heavy atom. The summed E-state index contributed by atoms with van der Waals surface area (Å²) in [6, 6.07) is -0.863. The standard InChI is InChI=1S/C65H127N2O6P/c1-6-8-10-12-14-16-18-20-22-24-26-28-30-31-32-33-34-35-37-39-41-43-45-47-49-51-53-55-57-59-65(69)66-63(62-73-74(70,71)72-61-60-67(3,4)5)64(68)58-56-54-52-50-48-46-44-42-40-38-36-29-27-25-23-21-19-17-15-13-11-9-7-2/h24,26,48,50,56,58,63-64,68H,6-23,25,27-47,49,51-55,57,59-62H2,1-5H3,(H-,66,69,70,71)/p+1/b26-24-,50-48+,58-56+. The number of likely N-dealkylation sites (N-methyl/N-ethyl adjacent to an activating group) is 1. The molecule has 0 bridgehead atoms. The van der Waals surface area contributed by atoms with Crippen LogP contribution in [0.25, 0.3) is 0 Å². The van der Waals surface area contributed by atoms with Gasteiger partial charge in [0.1, 0.15) is 13.2 Å². The van der Waals surface area contributed by atoms with Crippen LogP contribution in [0, 0.1) is 0 Å². The Labute approximate surface area is 461 Å². The maximum atomic E-state index is 13.0. The van der Waals surface area contributed by atoms with Gasteiger partial charge in [0.25, 0.3) is 0 Å². The summed E-state index contributed by atoms with van der Waals surface area (Å²) in [4.78, 5) is 23.4. The maximum Gasteiger partial charge on any atom is 0.472 e. The second kappa shape index (κ2) is 56.4. The monoisotopic (exact) mass is 1060 g/mol. The van der Waals surface area contributed by atoms with E-state index >= 15 is 0 Å². The minimum atomic E-state index is -4.36. The van der Waals surface area contributed by atoms with Crippen LogP contribution in [0.3, 0.4) is 0 Å². The van der Waals surface area contributed by atoms with Crippen LogP contribution in [0.4, 0.5) is 0 Å². The number of aliphatic hydroxyl groups is 1. The van der Waals surface area contributed by atoms with Crippen molar-refractivity contribution >= 4 is 13.7 Å². The lowest BCUT2D eigenvalue weighted by Crippen LogP contribution is -2.45. The van der Waals surface area contributed by atoms with Crippen molar-refractivity contribution in [3.63, 3.8) is 0 Å². The largest absolute Gasteiger partial charge is 0.472 e. The summed E-state index contributed by atoms with van der Waals surface area (Å²) >= 11 is 0. The van der Waals surface area contributed by atoms with Gasteiger partial charge in [-0.05, 0) is 57.8 Å². The fourth-order valence-electron chi connectivity index (χ4n) is 9.76. The van der Waals surface area contributed by atoms with Crippen molar-refractivity contribution in [3.8, 4) is 0 Å². The normalized spacial score (nSPS) is 14.0. The van der Waals surface area contributed by atoms with Crippen LogP contribution < -0.4 is 5.32 Å². The number of carbonyl (C=O) groups excluding carboxylic acids is 1. The number of aliphatic hydroxyl groups excluding tert-OH is 1. The van der Waals surface area contributed by atoms with Gasteiger partial charge in [-0.2, -0.15) is 0 Å². The number of unbranched alkanes of at least 4 members (excludes halogenated alkanes) is 43. The van der Waals surface area contributed by atoms with Gasteiger partial charge in [-0.25, -0.2) is 4.57 Å². The second-order valence-corrected chi connectivity index (χ2v) is 24.9. The molecule has 0 aromatic carbocycles. The SMILES string of the molecule is CCCCCCCCCC/C=C\CCCCCCCCCCCCCCCCCCCC(=O)NC(COP(=O)(O)OCC[N+](C)(C)C)C(O)/C=C/CC/C=C/CCCCCCCCCCCCCCCCCCC. The predicted molar refractivity (Wildman–Crippen MR) is 323 cm³/mol. The molecule has 0 aromatic heterocycles. The highest BCUT2D eigenvalue weighted by Crippen LogP contribution is 2.43. The molecule has 0 aliphatic carbocycles. The highest BCUT2D eigenvalue weighted by atomic mass is 31.2. The number of phosphoric ester groups is 1. The Morgan fingerprint density at radius 1 is 0.446 bits per heavy atom. The summed E-state index contributed by atoms with van der Waals surface area (Å²) in [5.41, 5.74) is 0. The molecule has 0 aromatic rings. The molecule has 3 N–H and O–H groups in total. The Kier molecular flexibility index (Phi) is 55.5. The maximum absolute atomic E-state index is 13.0. The van der Waals surface area contributed by atoms with Crippen molar-refractivity contribution in [2.75, 3.05) is 40.9 Å². The van der Waals surface area contributed by atoms with E-state index in [0.717, 1.165) is 38.5 Å². The fourth-order valence-corrected chi connectivity index (χ4v) is 10.5. The van der Waals surface area contributed by atoms with E-state index in [1.165, 1.54) is 263 Å². The molecule has 0 heterocycles. The number of quaternary nitrogens is 1. The second-order valence-electron chi connectivity index (χ2n) is 23.5. The fraction of sp³-hybridized carbons (Fsp3) is 0.892. The molecule has 0 saturated heterocycles. The number of rotatable bonds is 60. The van der Waals surface area contributed by atoms with Gasteiger partial charge < -0.3 is 19.8 Å². The first kappa shape index (κ1) is 72.7. The third-order valence-electron chi connectivity index (χ3n) is 14.8. The first-order valence-corrected chi connectivity index (χ1v) is 33.9. The lowest BCUT2D eigenvalue weighted by atomic mass is 10.0. The molecule has 0 spiro atoms. The van der Waals surface area contributed by atoms with Gasteiger partial charge in [-0.3, -0.25) is 13.8 Å². The molecule has 1 amide bonds. The van der Waals surface area contributed by atoms with Crippen molar-refractivity contribution < 1.29 is 32.9 Å². The lowest BCUT2D eigenvalue weighted by Gasteiger charge is -2.25. The third-order valence-corrected chi connectivity index (χ3v) is 15.8. The van der Waals surface area contributed by atoms with Crippen molar-refractivity contribution in [1.29, 1.82) is 0 Å². The molecule has 3 atom stereocenters. The molecule has 0 aliphatic heterocycles. The van der Waals surface area contributed by atoms with E-state index < -0.39 is 20.0 Å². The Balaban J connectivity index is 4.13. The molecule has 0 radical (unpaired) electrons. The molecule has 0 saturated carbocycles. The van der Waals surface area contributed by atoms with Crippen LogP contribution in [0.1, 0.15) is 322 Å². The number of nitrogens with one attached hydrogen (secondary N) is 1. The van der Waals surface area contributed by atoms with Gasteiger partial charge in [-0.1, -0.05) is 294 Å². The molecule has 0 fully saturated rings. The molecule has 0 rings (SSSR count). The van der Waals surface area contributed by atoms with E-state index in [1.54, 1.807) is 6.08 Å². The predicted octanol–water partition coefficient (Wildman–Crippen LogP) is 20.1. The van der Waals surface area contributed by atoms with Gasteiger partial charge in [0.15, 0.2) is 0 Å². The molecular formula is C65H128N2O6P+. The molecule has 9 heteroatoms. The zero-order valence-corrected chi connectivity index (χ0v) is 51.0. The zero-order valence-electron chi connectivity index (χ0n) is 50.1. The van der Waals surface area contributed by atoms with Crippen LogP contribution in [-0.4, -0.2) is 73.4 Å². The number of carbonyl (C=O) groups is 1. The van der Waals surface area contributed by atoms with Crippen molar-refractivity contribution in [3.05, 3.63) is 36.5 Å². The van der Waals surface area contributed by atoms with Crippen LogP contribution in [-0.2, 0) is 18.4 Å². The number of hydrogen-bond acceptors (Lipinski definition) is 5. The lowest BCUT2D eigenvalue weighted by molar-refractivity contribution is -0.870. The van der Waals surface area contributed by atoms with E-state index in [1.807, 2.05) is 27.2 Å². The Morgan fingerprint density at radius 3 is 1.08 bits per heavy atom. The molecule has 74 heavy (non-hydrogen) atoms. The minimum absolute atomic E-state index is 0.0577. The number of nitrogens with zero attached hydrogens (tertiary/aromatic N) is 1. The summed E-state index contributed by atoms with van der Waals surface area (Å²) in [6.45, 7) is 4.84. The van der Waals surface area contributed by atoms with Gasteiger partial charge in [0, 0.05) is 6.42 Å². The van der Waals surface area contributed by atoms with Crippen LogP contribution in [0.5, 0.6) is 0 Å². The van der Waals surface area contributed by atoms with Gasteiger partial charge in [0.05, 0.1) is 39.9 Å². The van der Waals surface area contributed by atoms with Crippen molar-refractivity contribution in [2.45, 2.75) is 334 Å². The first-order chi connectivity index (χ1) is 36.0. The average molecular weight is 1060 g/mol. The molecule has 438 valence electrons. The molecule has 8 nitrogen and oxygen atoms in total. The first-order valence-electron chi connectivity index (χ1n) is 32.4. The van der Waals surface area contributed by atoms with Gasteiger partial charge in [0.2, 0.25) is 5.91 Å². The van der Waals surface area contributed by atoms with E-state index in [-0.39, 0.29) is 19.1 Å². The summed E-state index contributed by atoms with van der Waals surface area (Å²) in [7, 11) is 1.57. The van der Waals surface area contributed by atoms with Crippen molar-refractivity contribution in [1.82, 2.24) is 5.32 Å². The zero-order chi connectivity index (χ0) is 54.2. The van der Waals surface area contributed by atoms with E-state index in [9.17, 15) is 19.4 Å². The quantitative estimate of drug-likeness (QED) is 0.0243. The molecule has 3 unspecified atom stereocenters.